The van der Waals surface area contributed by atoms with Crippen LogP contribution < -0.4 is 5.73 Å². The maximum atomic E-state index is 13.1. The molecule has 0 amide bonds. The van der Waals surface area contributed by atoms with Crippen molar-refractivity contribution in [1.82, 2.24) is 0 Å². The van der Waals surface area contributed by atoms with Crippen LogP contribution in [0.25, 0.3) is 0 Å². The van der Waals surface area contributed by atoms with Crippen molar-refractivity contribution in [3.05, 3.63) is 34.6 Å². The lowest BCUT2D eigenvalue weighted by Gasteiger charge is -2.15. The number of rotatable bonds is 4. The highest BCUT2D eigenvalue weighted by Gasteiger charge is 2.11. The van der Waals surface area contributed by atoms with E-state index in [4.69, 9.17) is 22.1 Å². The van der Waals surface area contributed by atoms with Gasteiger partial charge in [-0.05, 0) is 24.6 Å². The normalized spacial score (nSPS) is 12.9. The van der Waals surface area contributed by atoms with Crippen LogP contribution in [0.4, 0.5) is 4.39 Å². The van der Waals surface area contributed by atoms with Gasteiger partial charge in [-0.25, -0.2) is 4.39 Å². The Balaban J connectivity index is 2.88. The molecule has 0 aliphatic heterocycles. The van der Waals surface area contributed by atoms with E-state index < -0.39 is 5.82 Å². The first-order valence-corrected chi connectivity index (χ1v) is 4.83. The fraction of sp³-hybridized carbons (Fsp3) is 0.400. The lowest BCUT2D eigenvalue weighted by molar-refractivity contribution is 0.0686. The second-order valence-electron chi connectivity index (χ2n) is 2.85. The summed E-state index contributed by atoms with van der Waals surface area (Å²) in [6.07, 6.45) is -0.258. The molecule has 1 unspecified atom stereocenters. The molecule has 1 aromatic rings. The lowest BCUT2D eigenvalue weighted by atomic mass is 10.1. The molecule has 1 rings (SSSR count). The molecule has 78 valence electrons. The zero-order valence-electron chi connectivity index (χ0n) is 7.97. The van der Waals surface area contributed by atoms with Gasteiger partial charge in [0.15, 0.2) is 0 Å². The van der Waals surface area contributed by atoms with E-state index in [0.29, 0.717) is 13.2 Å². The van der Waals surface area contributed by atoms with Crippen molar-refractivity contribution in [2.75, 3.05) is 13.2 Å². The second kappa shape index (κ2) is 5.29. The van der Waals surface area contributed by atoms with Gasteiger partial charge in [0.05, 0.1) is 11.1 Å². The van der Waals surface area contributed by atoms with Gasteiger partial charge in [-0.2, -0.15) is 0 Å². The standard InChI is InChI=1S/C10H13ClFNO/c1-2-14-10(6-13)7-3-4-8(11)9(12)5-7/h3-5,10H,2,6,13H2,1H3. The molecule has 14 heavy (non-hydrogen) atoms. The van der Waals surface area contributed by atoms with Crippen molar-refractivity contribution in [2.24, 2.45) is 5.73 Å². The Hall–Kier alpha value is -0.640. The average Bonchev–Trinajstić information content (AvgIpc) is 2.19. The van der Waals surface area contributed by atoms with E-state index in [1.54, 1.807) is 6.07 Å². The molecule has 0 saturated carbocycles. The number of ether oxygens (including phenoxy) is 1. The Labute approximate surface area is 87.8 Å². The van der Waals surface area contributed by atoms with Crippen LogP contribution in [0.15, 0.2) is 18.2 Å². The zero-order chi connectivity index (χ0) is 10.6. The predicted octanol–water partition coefficient (Wildman–Crippen LogP) is 2.52. The summed E-state index contributed by atoms with van der Waals surface area (Å²) in [6, 6.07) is 4.59. The van der Waals surface area contributed by atoms with E-state index in [1.807, 2.05) is 6.92 Å². The van der Waals surface area contributed by atoms with Crippen LogP contribution in [-0.2, 0) is 4.74 Å². The van der Waals surface area contributed by atoms with Crippen LogP contribution in [-0.4, -0.2) is 13.2 Å². The van der Waals surface area contributed by atoms with Crippen LogP contribution in [0.3, 0.4) is 0 Å². The molecule has 0 radical (unpaired) electrons. The summed E-state index contributed by atoms with van der Waals surface area (Å²) in [4.78, 5) is 0. The van der Waals surface area contributed by atoms with Gasteiger partial charge in [-0.15, -0.1) is 0 Å². The zero-order valence-corrected chi connectivity index (χ0v) is 8.72. The van der Waals surface area contributed by atoms with Gasteiger partial charge in [0, 0.05) is 13.2 Å². The Morgan fingerprint density at radius 3 is 2.79 bits per heavy atom. The molecule has 0 fully saturated rings. The van der Waals surface area contributed by atoms with E-state index in [9.17, 15) is 4.39 Å². The fourth-order valence-electron chi connectivity index (χ4n) is 1.21. The first-order chi connectivity index (χ1) is 6.69. The van der Waals surface area contributed by atoms with Crippen molar-refractivity contribution in [3.63, 3.8) is 0 Å². The SMILES string of the molecule is CCOC(CN)c1ccc(Cl)c(F)c1. The molecule has 0 aliphatic carbocycles. The molecular weight excluding hydrogens is 205 g/mol. The minimum Gasteiger partial charge on any atom is -0.372 e. The average molecular weight is 218 g/mol. The van der Waals surface area contributed by atoms with Crippen molar-refractivity contribution in [2.45, 2.75) is 13.0 Å². The quantitative estimate of drug-likeness (QED) is 0.841. The number of nitrogens with two attached hydrogens (primary N) is 1. The summed E-state index contributed by atoms with van der Waals surface area (Å²) >= 11 is 5.56. The summed E-state index contributed by atoms with van der Waals surface area (Å²) in [5.74, 6) is -0.442. The number of hydrogen-bond acceptors (Lipinski definition) is 2. The van der Waals surface area contributed by atoms with Crippen LogP contribution in [0, 0.1) is 5.82 Å². The Kier molecular flexibility index (Phi) is 4.32. The van der Waals surface area contributed by atoms with Crippen molar-refractivity contribution in [1.29, 1.82) is 0 Å². The minimum atomic E-state index is -0.442. The molecule has 0 bridgehead atoms. The highest BCUT2D eigenvalue weighted by atomic mass is 35.5. The molecule has 1 atom stereocenters. The van der Waals surface area contributed by atoms with E-state index in [1.165, 1.54) is 12.1 Å². The van der Waals surface area contributed by atoms with Crippen molar-refractivity contribution in [3.8, 4) is 0 Å². The number of hydrogen-bond donors (Lipinski definition) is 1. The van der Waals surface area contributed by atoms with Gasteiger partial charge in [-0.1, -0.05) is 17.7 Å². The van der Waals surface area contributed by atoms with Gasteiger partial charge < -0.3 is 10.5 Å². The molecule has 1 aromatic carbocycles. The summed E-state index contributed by atoms with van der Waals surface area (Å²) in [5, 5.41) is 0.112. The second-order valence-corrected chi connectivity index (χ2v) is 3.26. The van der Waals surface area contributed by atoms with Gasteiger partial charge in [0.1, 0.15) is 5.82 Å². The van der Waals surface area contributed by atoms with Gasteiger partial charge >= 0.3 is 0 Å². The third kappa shape index (κ3) is 2.67. The summed E-state index contributed by atoms with van der Waals surface area (Å²) < 4.78 is 18.4. The third-order valence-electron chi connectivity index (χ3n) is 1.90. The summed E-state index contributed by atoms with van der Waals surface area (Å²) in [5.41, 5.74) is 6.22. The van der Waals surface area contributed by atoms with Crippen LogP contribution in [0.5, 0.6) is 0 Å². The molecule has 2 nitrogen and oxygen atoms in total. The first kappa shape index (κ1) is 11.4. The molecular formula is C10H13ClFNO. The maximum Gasteiger partial charge on any atom is 0.142 e. The van der Waals surface area contributed by atoms with Gasteiger partial charge in [0.2, 0.25) is 0 Å². The third-order valence-corrected chi connectivity index (χ3v) is 2.20. The minimum absolute atomic E-state index is 0.112. The molecule has 0 spiro atoms. The Bertz CT molecular complexity index is 306. The number of benzene rings is 1. The summed E-state index contributed by atoms with van der Waals surface area (Å²) in [7, 11) is 0. The van der Waals surface area contributed by atoms with Crippen LogP contribution in [0.2, 0.25) is 5.02 Å². The molecule has 4 heteroatoms. The predicted molar refractivity (Wildman–Crippen MR) is 54.8 cm³/mol. The van der Waals surface area contributed by atoms with E-state index in [-0.39, 0.29) is 11.1 Å². The van der Waals surface area contributed by atoms with E-state index >= 15 is 0 Å². The monoisotopic (exact) mass is 217 g/mol. The topological polar surface area (TPSA) is 35.2 Å². The largest absolute Gasteiger partial charge is 0.372 e. The molecule has 0 aromatic heterocycles. The maximum absolute atomic E-state index is 13.1. The van der Waals surface area contributed by atoms with E-state index in [2.05, 4.69) is 0 Å². The molecule has 0 aliphatic rings. The van der Waals surface area contributed by atoms with Gasteiger partial charge in [-0.3, -0.25) is 0 Å². The highest BCUT2D eigenvalue weighted by Crippen LogP contribution is 2.21. The molecule has 0 saturated heterocycles. The first-order valence-electron chi connectivity index (χ1n) is 4.45. The highest BCUT2D eigenvalue weighted by molar-refractivity contribution is 6.30. The van der Waals surface area contributed by atoms with E-state index in [0.717, 1.165) is 5.56 Å². The van der Waals surface area contributed by atoms with Crippen LogP contribution in [0.1, 0.15) is 18.6 Å². The smallest absolute Gasteiger partial charge is 0.142 e. The fourth-order valence-corrected chi connectivity index (χ4v) is 1.33. The lowest BCUT2D eigenvalue weighted by Crippen LogP contribution is -2.15. The van der Waals surface area contributed by atoms with Crippen LogP contribution >= 0.6 is 11.6 Å². The Morgan fingerprint density at radius 2 is 2.29 bits per heavy atom. The number of halogens is 2. The van der Waals surface area contributed by atoms with Crippen molar-refractivity contribution < 1.29 is 9.13 Å². The Morgan fingerprint density at radius 1 is 1.57 bits per heavy atom. The summed E-state index contributed by atoms with van der Waals surface area (Å²) in [6.45, 7) is 2.75. The van der Waals surface area contributed by atoms with Crippen molar-refractivity contribution >= 4 is 11.6 Å². The molecule has 2 N–H and O–H groups in total. The van der Waals surface area contributed by atoms with Gasteiger partial charge in [0.25, 0.3) is 0 Å². The molecule has 0 heterocycles.